The van der Waals surface area contributed by atoms with Gasteiger partial charge < -0.3 is 0 Å². The Kier molecular flexibility index (Phi) is 8.03. The molecule has 1 amide bonds. The van der Waals surface area contributed by atoms with E-state index in [0.717, 1.165) is 27.2 Å². The van der Waals surface area contributed by atoms with Gasteiger partial charge in [-0.05, 0) is 81.6 Å². The molecule has 12 heteroatoms. The predicted octanol–water partition coefficient (Wildman–Crippen LogP) is 5.86. The number of sulfonamides is 1. The Morgan fingerprint density at radius 2 is 1.87 bits per heavy atom. The summed E-state index contributed by atoms with van der Waals surface area (Å²) in [4.78, 5) is 20.8. The maximum Gasteiger partial charge on any atom is 0.243 e. The predicted molar refractivity (Wildman–Crippen MR) is 156 cm³/mol. The Morgan fingerprint density at radius 3 is 2.56 bits per heavy atom. The fraction of sp³-hybridized carbons (Fsp3) is 0.370. The first-order valence-corrected chi connectivity index (χ1v) is 15.7. The molecule has 3 heterocycles. The van der Waals surface area contributed by atoms with E-state index in [2.05, 4.69) is 5.10 Å². The molecule has 0 N–H and O–H groups in total. The molecule has 0 aliphatic carbocycles. The Bertz CT molecular complexity index is 1630. The molecule has 2 aromatic heterocycles. The Balaban J connectivity index is 1.45. The number of benzene rings is 2. The number of aromatic nitrogens is 3. The van der Waals surface area contributed by atoms with Gasteiger partial charge in [-0.25, -0.2) is 13.4 Å². The smallest absolute Gasteiger partial charge is 0.243 e. The van der Waals surface area contributed by atoms with Gasteiger partial charge in [-0.1, -0.05) is 34.5 Å². The molecule has 8 nitrogen and oxygen atoms in total. The van der Waals surface area contributed by atoms with Crippen molar-refractivity contribution in [1.29, 1.82) is 0 Å². The highest BCUT2D eigenvalue weighted by Crippen LogP contribution is 2.35. The Hall–Kier alpha value is -2.50. The fourth-order valence-electron chi connectivity index (χ4n) is 4.94. The van der Waals surface area contributed by atoms with Crippen molar-refractivity contribution in [3.05, 3.63) is 69.5 Å². The third-order valence-electron chi connectivity index (χ3n) is 7.06. The molecular weight excluding hydrogens is 577 g/mol. The second-order valence-corrected chi connectivity index (χ2v) is 13.6. The number of fused-ring (bicyclic) bond motifs is 1. The average molecular weight is 607 g/mol. The van der Waals surface area contributed by atoms with Crippen LogP contribution >= 0.6 is 34.5 Å². The summed E-state index contributed by atoms with van der Waals surface area (Å²) < 4.78 is 31.0. The standard InChI is InChI=1S/C27H29Cl2N5O3S2/c1-17-15-18(2)34(31-17)14-13-33(27-30-25-19(3)23(29)10-11-24(25)38-27)26(35)20-5-4-12-32(16-20)39(36,37)22-8-6-21(28)7-9-22/h6-11,15,20H,4-5,12-14,16H2,1-3H3. The summed E-state index contributed by atoms with van der Waals surface area (Å²) in [6, 6.07) is 11.9. The maximum absolute atomic E-state index is 14.1. The molecule has 1 aliphatic heterocycles. The molecular formula is C27H29Cl2N5O3S2. The van der Waals surface area contributed by atoms with Crippen molar-refractivity contribution in [2.24, 2.45) is 5.92 Å². The van der Waals surface area contributed by atoms with Crippen LogP contribution in [-0.2, 0) is 21.4 Å². The molecule has 1 unspecified atom stereocenters. The normalized spacial score (nSPS) is 16.6. The maximum atomic E-state index is 14.1. The second-order valence-electron chi connectivity index (χ2n) is 9.81. The lowest BCUT2D eigenvalue weighted by atomic mass is 9.98. The average Bonchev–Trinajstić information content (AvgIpc) is 3.49. The van der Waals surface area contributed by atoms with Gasteiger partial charge in [0.25, 0.3) is 0 Å². The first kappa shape index (κ1) is 28.0. The summed E-state index contributed by atoms with van der Waals surface area (Å²) in [7, 11) is -3.76. The fourth-order valence-corrected chi connectivity index (χ4v) is 7.80. The van der Waals surface area contributed by atoms with Gasteiger partial charge in [0.05, 0.1) is 33.3 Å². The number of anilines is 1. The van der Waals surface area contributed by atoms with Crippen LogP contribution in [-0.4, -0.2) is 53.0 Å². The molecule has 0 spiro atoms. The first-order chi connectivity index (χ1) is 18.5. The number of hydrogen-bond donors (Lipinski definition) is 0. The zero-order valence-electron chi connectivity index (χ0n) is 21.9. The van der Waals surface area contributed by atoms with Gasteiger partial charge in [0, 0.05) is 35.4 Å². The van der Waals surface area contributed by atoms with Crippen molar-refractivity contribution >= 4 is 65.8 Å². The van der Waals surface area contributed by atoms with E-state index in [4.69, 9.17) is 28.2 Å². The van der Waals surface area contributed by atoms with Crippen LogP contribution in [0.1, 0.15) is 29.8 Å². The highest BCUT2D eigenvalue weighted by atomic mass is 35.5. The number of carbonyl (C=O) groups is 1. The van der Waals surface area contributed by atoms with Crippen molar-refractivity contribution in [3.8, 4) is 0 Å². The van der Waals surface area contributed by atoms with Gasteiger partial charge in [-0.2, -0.15) is 9.40 Å². The third kappa shape index (κ3) is 5.71. The van der Waals surface area contributed by atoms with Crippen LogP contribution < -0.4 is 4.90 Å². The molecule has 39 heavy (non-hydrogen) atoms. The number of nitrogens with zero attached hydrogens (tertiary/aromatic N) is 5. The van der Waals surface area contributed by atoms with Crippen LogP contribution in [0.3, 0.4) is 0 Å². The van der Waals surface area contributed by atoms with E-state index >= 15 is 0 Å². The summed E-state index contributed by atoms with van der Waals surface area (Å²) in [5.41, 5.74) is 3.54. The highest BCUT2D eigenvalue weighted by molar-refractivity contribution is 7.89. The van der Waals surface area contributed by atoms with E-state index in [1.54, 1.807) is 17.0 Å². The van der Waals surface area contributed by atoms with Crippen molar-refractivity contribution < 1.29 is 13.2 Å². The molecule has 5 rings (SSSR count). The zero-order valence-corrected chi connectivity index (χ0v) is 25.0. The largest absolute Gasteiger partial charge is 0.286 e. The SMILES string of the molecule is Cc1cc(C)n(CCN(C(=O)C2CCCN(S(=O)(=O)c3ccc(Cl)cc3)C2)c2nc3c(C)c(Cl)ccc3s2)n1. The molecule has 2 aromatic carbocycles. The van der Waals surface area contributed by atoms with Crippen LogP contribution in [0.5, 0.6) is 0 Å². The molecule has 1 aliphatic rings. The number of rotatable bonds is 7. The lowest BCUT2D eigenvalue weighted by molar-refractivity contribution is -0.123. The topological polar surface area (TPSA) is 88.4 Å². The molecule has 1 atom stereocenters. The van der Waals surface area contributed by atoms with Gasteiger partial charge in [-0.15, -0.1) is 0 Å². The van der Waals surface area contributed by atoms with Crippen molar-refractivity contribution in [2.45, 2.75) is 45.1 Å². The number of carbonyl (C=O) groups excluding carboxylic acids is 1. The Labute approximate surface area is 242 Å². The number of thiazole rings is 1. The van der Waals surface area contributed by atoms with Crippen molar-refractivity contribution in [3.63, 3.8) is 0 Å². The third-order valence-corrected chi connectivity index (χ3v) is 10.6. The Morgan fingerprint density at radius 1 is 1.13 bits per heavy atom. The number of amides is 1. The van der Waals surface area contributed by atoms with Crippen molar-refractivity contribution in [2.75, 3.05) is 24.5 Å². The molecule has 0 saturated carbocycles. The van der Waals surface area contributed by atoms with Crippen LogP contribution in [0.2, 0.25) is 10.0 Å². The van der Waals surface area contributed by atoms with E-state index in [9.17, 15) is 13.2 Å². The minimum atomic E-state index is -3.76. The summed E-state index contributed by atoms with van der Waals surface area (Å²) in [6.07, 6.45) is 1.18. The van der Waals surface area contributed by atoms with Crippen LogP contribution in [0.25, 0.3) is 10.2 Å². The summed E-state index contributed by atoms with van der Waals surface area (Å²) >= 11 is 13.7. The molecule has 1 saturated heterocycles. The number of aryl methyl sites for hydroxylation is 3. The molecule has 0 bridgehead atoms. The van der Waals surface area contributed by atoms with Gasteiger partial charge in [0.1, 0.15) is 0 Å². The summed E-state index contributed by atoms with van der Waals surface area (Å²) in [6.45, 7) is 7.14. The molecule has 0 radical (unpaired) electrons. The number of hydrogen-bond acceptors (Lipinski definition) is 6. The van der Waals surface area contributed by atoms with Crippen LogP contribution in [0.15, 0.2) is 47.4 Å². The van der Waals surface area contributed by atoms with Gasteiger partial charge in [0.2, 0.25) is 15.9 Å². The first-order valence-electron chi connectivity index (χ1n) is 12.7. The molecule has 206 valence electrons. The van der Waals surface area contributed by atoms with E-state index in [1.807, 2.05) is 43.7 Å². The van der Waals surface area contributed by atoms with Crippen molar-refractivity contribution in [1.82, 2.24) is 19.1 Å². The lowest BCUT2D eigenvalue weighted by Crippen LogP contribution is -2.47. The van der Waals surface area contributed by atoms with Crippen LogP contribution in [0.4, 0.5) is 5.13 Å². The summed E-state index contributed by atoms with van der Waals surface area (Å²) in [5.74, 6) is -0.645. The second kappa shape index (κ2) is 11.2. The van der Waals surface area contributed by atoms with E-state index in [1.165, 1.54) is 27.8 Å². The van der Waals surface area contributed by atoms with Gasteiger partial charge in [-0.3, -0.25) is 14.4 Å². The minimum Gasteiger partial charge on any atom is -0.286 e. The highest BCUT2D eigenvalue weighted by Gasteiger charge is 2.36. The number of piperidine rings is 1. The summed E-state index contributed by atoms with van der Waals surface area (Å²) in [5, 5.41) is 6.20. The quantitative estimate of drug-likeness (QED) is 0.263. The molecule has 4 aromatic rings. The molecule has 1 fully saturated rings. The van der Waals surface area contributed by atoms with E-state index in [0.29, 0.717) is 47.7 Å². The zero-order chi connectivity index (χ0) is 27.9. The minimum absolute atomic E-state index is 0.107. The lowest BCUT2D eigenvalue weighted by Gasteiger charge is -2.33. The van der Waals surface area contributed by atoms with E-state index < -0.39 is 15.9 Å². The monoisotopic (exact) mass is 605 g/mol. The van der Waals surface area contributed by atoms with Gasteiger partial charge in [0.15, 0.2) is 5.13 Å². The van der Waals surface area contributed by atoms with Gasteiger partial charge >= 0.3 is 0 Å². The van der Waals surface area contributed by atoms with E-state index in [-0.39, 0.29) is 17.3 Å². The number of halogens is 2. The van der Waals surface area contributed by atoms with Crippen LogP contribution in [0, 0.1) is 26.7 Å².